The lowest BCUT2D eigenvalue weighted by molar-refractivity contribution is 0.0735. The van der Waals surface area contributed by atoms with Gasteiger partial charge in [-0.3, -0.25) is 4.79 Å². The standard InChI is InChI=1S/C22H24N2O/c1-22(2,3)16-9-10-19-17(13-16)18-14-24(12-11-20(18)23-19)21(25)15-7-5-4-6-8-15/h4-10,13,23H,11-12,14H2,1-3H3. The number of aromatic nitrogens is 1. The largest absolute Gasteiger partial charge is 0.358 e. The van der Waals surface area contributed by atoms with Crippen LogP contribution in [0, 0.1) is 0 Å². The molecule has 0 saturated heterocycles. The van der Waals surface area contributed by atoms with Crippen LogP contribution in [0.15, 0.2) is 48.5 Å². The van der Waals surface area contributed by atoms with Crippen LogP contribution in [-0.4, -0.2) is 22.3 Å². The normalized spacial score (nSPS) is 14.6. The van der Waals surface area contributed by atoms with Gasteiger partial charge in [-0.05, 0) is 35.2 Å². The first-order valence-electron chi connectivity index (χ1n) is 8.92. The summed E-state index contributed by atoms with van der Waals surface area (Å²) in [6, 6.07) is 16.2. The highest BCUT2D eigenvalue weighted by Gasteiger charge is 2.25. The van der Waals surface area contributed by atoms with Gasteiger partial charge in [0.1, 0.15) is 0 Å². The SMILES string of the molecule is CC(C)(C)c1ccc2[nH]c3c(c2c1)CN(C(=O)c1ccccc1)CC3. The Bertz CT molecular complexity index is 932. The molecular weight excluding hydrogens is 308 g/mol. The predicted octanol–water partition coefficient (Wildman–Crippen LogP) is 4.66. The van der Waals surface area contributed by atoms with Crippen LogP contribution in [0.1, 0.15) is 48.0 Å². The summed E-state index contributed by atoms with van der Waals surface area (Å²) in [7, 11) is 0. The summed E-state index contributed by atoms with van der Waals surface area (Å²) in [6.07, 6.45) is 0.882. The minimum Gasteiger partial charge on any atom is -0.358 e. The van der Waals surface area contributed by atoms with E-state index in [1.54, 1.807) is 0 Å². The average Bonchev–Trinajstić information content (AvgIpc) is 2.98. The quantitative estimate of drug-likeness (QED) is 0.691. The van der Waals surface area contributed by atoms with E-state index in [1.807, 2.05) is 35.2 Å². The first kappa shape index (κ1) is 15.9. The molecule has 0 fully saturated rings. The van der Waals surface area contributed by atoms with Crippen LogP contribution in [-0.2, 0) is 18.4 Å². The smallest absolute Gasteiger partial charge is 0.254 e. The Morgan fingerprint density at radius 1 is 1.08 bits per heavy atom. The molecule has 2 aromatic carbocycles. The maximum Gasteiger partial charge on any atom is 0.254 e. The van der Waals surface area contributed by atoms with Crippen molar-refractivity contribution in [3.63, 3.8) is 0 Å². The van der Waals surface area contributed by atoms with Crippen LogP contribution < -0.4 is 0 Å². The number of carbonyl (C=O) groups excluding carboxylic acids is 1. The second kappa shape index (κ2) is 5.76. The topological polar surface area (TPSA) is 36.1 Å². The molecule has 0 bridgehead atoms. The highest BCUT2D eigenvalue weighted by Crippen LogP contribution is 2.32. The molecule has 2 heterocycles. The van der Waals surface area contributed by atoms with E-state index in [2.05, 4.69) is 44.0 Å². The Kier molecular flexibility index (Phi) is 3.68. The summed E-state index contributed by atoms with van der Waals surface area (Å²) in [5, 5.41) is 1.26. The number of amides is 1. The van der Waals surface area contributed by atoms with Crippen molar-refractivity contribution in [3.05, 3.63) is 70.9 Å². The number of aromatic amines is 1. The molecule has 0 unspecified atom stereocenters. The van der Waals surface area contributed by atoms with E-state index in [0.717, 1.165) is 18.5 Å². The predicted molar refractivity (Wildman–Crippen MR) is 102 cm³/mol. The lowest BCUT2D eigenvalue weighted by Crippen LogP contribution is -2.35. The molecule has 0 atom stereocenters. The van der Waals surface area contributed by atoms with Gasteiger partial charge in [-0.1, -0.05) is 45.0 Å². The molecule has 128 valence electrons. The second-order valence-electron chi connectivity index (χ2n) is 7.94. The number of hydrogen-bond donors (Lipinski definition) is 1. The molecule has 0 radical (unpaired) electrons. The second-order valence-corrected chi connectivity index (χ2v) is 7.94. The Balaban J connectivity index is 1.71. The Morgan fingerprint density at radius 2 is 1.84 bits per heavy atom. The summed E-state index contributed by atoms with van der Waals surface area (Å²) in [5.74, 6) is 0.118. The summed E-state index contributed by atoms with van der Waals surface area (Å²) in [6.45, 7) is 8.14. The number of H-pyrrole nitrogens is 1. The molecule has 0 aliphatic carbocycles. The van der Waals surface area contributed by atoms with Gasteiger partial charge in [0, 0.05) is 47.2 Å². The molecule has 25 heavy (non-hydrogen) atoms. The molecule has 1 aliphatic heterocycles. The summed E-state index contributed by atoms with van der Waals surface area (Å²) in [4.78, 5) is 18.3. The molecule has 4 rings (SSSR count). The van der Waals surface area contributed by atoms with Crippen LogP contribution in [0.2, 0.25) is 0 Å². The van der Waals surface area contributed by atoms with Gasteiger partial charge in [-0.15, -0.1) is 0 Å². The monoisotopic (exact) mass is 332 g/mol. The van der Waals surface area contributed by atoms with Crippen molar-refractivity contribution >= 4 is 16.8 Å². The van der Waals surface area contributed by atoms with Crippen molar-refractivity contribution in [1.29, 1.82) is 0 Å². The zero-order chi connectivity index (χ0) is 17.6. The van der Waals surface area contributed by atoms with Crippen molar-refractivity contribution in [2.24, 2.45) is 0 Å². The Labute approximate surface area is 148 Å². The van der Waals surface area contributed by atoms with E-state index in [0.29, 0.717) is 6.54 Å². The summed E-state index contributed by atoms with van der Waals surface area (Å²) >= 11 is 0. The fraction of sp³-hybridized carbons (Fsp3) is 0.318. The number of benzene rings is 2. The van der Waals surface area contributed by atoms with E-state index in [1.165, 1.54) is 27.7 Å². The van der Waals surface area contributed by atoms with Crippen LogP contribution in [0.25, 0.3) is 10.9 Å². The average molecular weight is 332 g/mol. The maximum atomic E-state index is 12.8. The fourth-order valence-corrected chi connectivity index (χ4v) is 3.62. The third-order valence-corrected chi connectivity index (χ3v) is 5.15. The van der Waals surface area contributed by atoms with Gasteiger partial charge in [0.25, 0.3) is 5.91 Å². The van der Waals surface area contributed by atoms with Gasteiger partial charge in [0.2, 0.25) is 0 Å². The van der Waals surface area contributed by atoms with Gasteiger partial charge < -0.3 is 9.88 Å². The first-order chi connectivity index (χ1) is 11.9. The van der Waals surface area contributed by atoms with Crippen LogP contribution >= 0.6 is 0 Å². The number of nitrogens with zero attached hydrogens (tertiary/aromatic N) is 1. The van der Waals surface area contributed by atoms with Crippen LogP contribution in [0.4, 0.5) is 0 Å². The number of fused-ring (bicyclic) bond motifs is 3. The van der Waals surface area contributed by atoms with E-state index < -0.39 is 0 Å². The lowest BCUT2D eigenvalue weighted by atomic mass is 9.86. The molecule has 0 spiro atoms. The highest BCUT2D eigenvalue weighted by atomic mass is 16.2. The number of hydrogen-bond acceptors (Lipinski definition) is 1. The van der Waals surface area contributed by atoms with Crippen molar-refractivity contribution in [2.75, 3.05) is 6.54 Å². The van der Waals surface area contributed by atoms with E-state index in [9.17, 15) is 4.79 Å². The first-order valence-corrected chi connectivity index (χ1v) is 8.92. The van der Waals surface area contributed by atoms with Gasteiger partial charge in [0.05, 0.1) is 0 Å². The number of carbonyl (C=O) groups is 1. The van der Waals surface area contributed by atoms with E-state index in [-0.39, 0.29) is 11.3 Å². The Hall–Kier alpha value is -2.55. The van der Waals surface area contributed by atoms with Crippen LogP contribution in [0.5, 0.6) is 0 Å². The van der Waals surface area contributed by atoms with E-state index >= 15 is 0 Å². The van der Waals surface area contributed by atoms with Crippen molar-refractivity contribution in [3.8, 4) is 0 Å². The lowest BCUT2D eigenvalue weighted by Gasteiger charge is -2.27. The molecule has 1 N–H and O–H groups in total. The van der Waals surface area contributed by atoms with Crippen LogP contribution in [0.3, 0.4) is 0 Å². The molecule has 3 nitrogen and oxygen atoms in total. The minimum absolute atomic E-state index is 0.118. The number of nitrogens with one attached hydrogen (secondary N) is 1. The number of rotatable bonds is 1. The maximum absolute atomic E-state index is 12.8. The van der Waals surface area contributed by atoms with Gasteiger partial charge >= 0.3 is 0 Å². The zero-order valence-corrected chi connectivity index (χ0v) is 15.1. The molecule has 3 aromatic rings. The third-order valence-electron chi connectivity index (χ3n) is 5.15. The van der Waals surface area contributed by atoms with Gasteiger partial charge in [0.15, 0.2) is 0 Å². The Morgan fingerprint density at radius 3 is 2.56 bits per heavy atom. The molecule has 0 saturated carbocycles. The molecule has 3 heteroatoms. The van der Waals surface area contributed by atoms with Crippen molar-refractivity contribution in [1.82, 2.24) is 9.88 Å². The minimum atomic E-state index is 0.118. The summed E-state index contributed by atoms with van der Waals surface area (Å²) < 4.78 is 0. The molecular formula is C22H24N2O. The van der Waals surface area contributed by atoms with Crippen molar-refractivity contribution < 1.29 is 4.79 Å². The van der Waals surface area contributed by atoms with Gasteiger partial charge in [-0.2, -0.15) is 0 Å². The molecule has 1 aromatic heterocycles. The molecule has 1 amide bonds. The molecule has 1 aliphatic rings. The summed E-state index contributed by atoms with van der Waals surface area (Å²) in [5.41, 5.74) is 5.93. The van der Waals surface area contributed by atoms with Gasteiger partial charge in [-0.25, -0.2) is 0 Å². The van der Waals surface area contributed by atoms with Crippen molar-refractivity contribution in [2.45, 2.75) is 39.2 Å². The highest BCUT2D eigenvalue weighted by molar-refractivity contribution is 5.95. The fourth-order valence-electron chi connectivity index (χ4n) is 3.62. The third kappa shape index (κ3) is 2.84. The van der Waals surface area contributed by atoms with E-state index in [4.69, 9.17) is 0 Å². The zero-order valence-electron chi connectivity index (χ0n) is 15.1.